The molecule has 38 heavy (non-hydrogen) atoms. The number of carbonyl (C=O) groups excluding carboxylic acids is 1. The van der Waals surface area contributed by atoms with Crippen molar-refractivity contribution in [2.75, 3.05) is 0 Å². The van der Waals surface area contributed by atoms with Crippen LogP contribution in [-0.4, -0.2) is 38.4 Å². The highest BCUT2D eigenvalue weighted by Crippen LogP contribution is 2.34. The first-order chi connectivity index (χ1) is 18.3. The van der Waals surface area contributed by atoms with E-state index in [1.165, 1.54) is 0 Å². The van der Waals surface area contributed by atoms with Gasteiger partial charge >= 0.3 is 6.09 Å². The van der Waals surface area contributed by atoms with E-state index in [1.54, 1.807) is 19.2 Å². The van der Waals surface area contributed by atoms with Crippen molar-refractivity contribution in [3.05, 3.63) is 83.4 Å². The number of aryl methyl sites for hydroxylation is 1. The highest BCUT2D eigenvalue weighted by atomic mass is 16.6. The van der Waals surface area contributed by atoms with E-state index in [0.717, 1.165) is 22.6 Å². The number of hydrogen-bond acceptors (Lipinski definition) is 9. The van der Waals surface area contributed by atoms with Gasteiger partial charge in [0.1, 0.15) is 30.3 Å². The van der Waals surface area contributed by atoms with Gasteiger partial charge in [-0.3, -0.25) is 0 Å². The molecule has 10 nitrogen and oxygen atoms in total. The number of aromatic nitrogens is 4. The third-order valence-corrected chi connectivity index (χ3v) is 6.61. The molecular weight excluding hydrogens is 486 g/mol. The quantitative estimate of drug-likeness (QED) is 0.335. The third kappa shape index (κ3) is 5.74. The van der Waals surface area contributed by atoms with Crippen molar-refractivity contribution in [1.29, 1.82) is 0 Å². The largest absolute Gasteiger partial charge is 0.490 e. The lowest BCUT2D eigenvalue weighted by Crippen LogP contribution is -2.41. The van der Waals surface area contributed by atoms with Crippen LogP contribution >= 0.6 is 0 Å². The summed E-state index contributed by atoms with van der Waals surface area (Å²) in [5.41, 5.74) is 7.85. The predicted molar refractivity (Wildman–Crippen MR) is 138 cm³/mol. The summed E-state index contributed by atoms with van der Waals surface area (Å²) in [6.07, 6.45) is 2.09. The van der Waals surface area contributed by atoms with Crippen molar-refractivity contribution in [2.45, 2.75) is 57.8 Å². The molecule has 0 saturated heterocycles. The smallest absolute Gasteiger partial charge is 0.404 e. The van der Waals surface area contributed by atoms with Crippen LogP contribution in [0.5, 0.6) is 11.5 Å². The SMILES string of the molecule is Cc1noc(-c2nccc(COc3ccc(C(C)(C)c4ccc(OC5CC(OC(N)=O)C5)cc4)cc3)n2)n1. The predicted octanol–water partition coefficient (Wildman–Crippen LogP) is 4.75. The van der Waals surface area contributed by atoms with Crippen LogP contribution in [0.4, 0.5) is 4.79 Å². The molecule has 2 N–H and O–H groups in total. The molecule has 0 spiro atoms. The van der Waals surface area contributed by atoms with Crippen LogP contribution in [0.3, 0.4) is 0 Å². The Bertz CT molecular complexity index is 1400. The van der Waals surface area contributed by atoms with Crippen LogP contribution in [-0.2, 0) is 16.8 Å². The zero-order valence-corrected chi connectivity index (χ0v) is 21.5. The van der Waals surface area contributed by atoms with Gasteiger partial charge in [0.15, 0.2) is 5.82 Å². The van der Waals surface area contributed by atoms with Gasteiger partial charge in [-0.15, -0.1) is 0 Å². The lowest BCUT2D eigenvalue weighted by Gasteiger charge is -2.34. The standard InChI is InChI=1S/C28H29N5O5/c1-17-31-26(38-33-17)25-30-13-12-20(32-25)16-35-21-8-4-18(5-9-21)28(2,3)19-6-10-22(11-7-19)36-23-14-24(15-23)37-27(29)34/h4-13,23-24H,14-16H2,1-3H3,(H2,29,34). The maximum Gasteiger partial charge on any atom is 0.404 e. The van der Waals surface area contributed by atoms with Crippen molar-refractivity contribution in [1.82, 2.24) is 20.1 Å². The molecule has 1 aliphatic carbocycles. The molecule has 1 aliphatic rings. The molecule has 10 heteroatoms. The van der Waals surface area contributed by atoms with Crippen molar-refractivity contribution < 1.29 is 23.5 Å². The van der Waals surface area contributed by atoms with E-state index in [-0.39, 0.29) is 30.1 Å². The van der Waals surface area contributed by atoms with Gasteiger partial charge in [-0.25, -0.2) is 14.8 Å². The molecule has 1 fully saturated rings. The minimum absolute atomic E-state index is 0.0303. The molecular formula is C28H29N5O5. The van der Waals surface area contributed by atoms with E-state index < -0.39 is 6.09 Å². The number of nitrogens with zero attached hydrogens (tertiary/aromatic N) is 4. The van der Waals surface area contributed by atoms with E-state index in [4.69, 9.17) is 24.5 Å². The zero-order chi connectivity index (χ0) is 26.7. The molecule has 0 unspecified atom stereocenters. The van der Waals surface area contributed by atoms with E-state index >= 15 is 0 Å². The molecule has 0 bridgehead atoms. The molecule has 0 atom stereocenters. The van der Waals surface area contributed by atoms with Crippen LogP contribution < -0.4 is 15.2 Å². The number of nitrogens with two attached hydrogens (primary N) is 1. The fourth-order valence-corrected chi connectivity index (χ4v) is 4.28. The van der Waals surface area contributed by atoms with Crippen LogP contribution in [0.1, 0.15) is 49.3 Å². The topological polar surface area (TPSA) is 135 Å². The Morgan fingerprint density at radius 3 is 2.24 bits per heavy atom. The van der Waals surface area contributed by atoms with Gasteiger partial charge in [-0.1, -0.05) is 43.3 Å². The maximum absolute atomic E-state index is 10.8. The van der Waals surface area contributed by atoms with Crippen LogP contribution in [0.15, 0.2) is 65.3 Å². The number of amides is 1. The molecule has 1 saturated carbocycles. The van der Waals surface area contributed by atoms with Gasteiger partial charge in [0.25, 0.3) is 5.89 Å². The van der Waals surface area contributed by atoms with Gasteiger partial charge in [-0.2, -0.15) is 4.98 Å². The first-order valence-corrected chi connectivity index (χ1v) is 12.4. The molecule has 1 amide bonds. The average molecular weight is 516 g/mol. The zero-order valence-electron chi connectivity index (χ0n) is 21.5. The Labute approximate surface area is 220 Å². The van der Waals surface area contributed by atoms with E-state index in [0.29, 0.717) is 30.2 Å². The minimum Gasteiger partial charge on any atom is -0.490 e. The summed E-state index contributed by atoms with van der Waals surface area (Å²) in [6, 6.07) is 17.9. The minimum atomic E-state index is -0.740. The summed E-state index contributed by atoms with van der Waals surface area (Å²) in [4.78, 5) is 23.6. The third-order valence-electron chi connectivity index (χ3n) is 6.61. The average Bonchev–Trinajstić information content (AvgIpc) is 3.33. The Morgan fingerprint density at radius 2 is 1.63 bits per heavy atom. The van der Waals surface area contributed by atoms with Crippen LogP contribution in [0.25, 0.3) is 11.7 Å². The van der Waals surface area contributed by atoms with Gasteiger partial charge in [-0.05, 0) is 48.4 Å². The fraction of sp³-hybridized carbons (Fsp3) is 0.321. The summed E-state index contributed by atoms with van der Waals surface area (Å²) in [5, 5.41) is 3.78. The van der Waals surface area contributed by atoms with Crippen molar-refractivity contribution in [3.63, 3.8) is 0 Å². The summed E-state index contributed by atoms with van der Waals surface area (Å²) >= 11 is 0. The van der Waals surface area contributed by atoms with Gasteiger partial charge in [0.2, 0.25) is 5.82 Å². The van der Waals surface area contributed by atoms with Crippen molar-refractivity contribution in [3.8, 4) is 23.2 Å². The second kappa shape index (κ2) is 10.5. The molecule has 2 aromatic carbocycles. The Kier molecular flexibility index (Phi) is 6.95. The number of ether oxygens (including phenoxy) is 3. The first-order valence-electron chi connectivity index (χ1n) is 12.4. The van der Waals surface area contributed by atoms with E-state index in [9.17, 15) is 4.79 Å². The monoisotopic (exact) mass is 515 g/mol. The Balaban J connectivity index is 1.17. The van der Waals surface area contributed by atoms with E-state index in [1.807, 2.05) is 24.3 Å². The first kappa shape index (κ1) is 25.2. The normalized spacial score (nSPS) is 16.9. The number of benzene rings is 2. The molecule has 5 rings (SSSR count). The highest BCUT2D eigenvalue weighted by Gasteiger charge is 2.33. The lowest BCUT2D eigenvalue weighted by atomic mass is 9.78. The number of primary amides is 1. The van der Waals surface area contributed by atoms with Crippen molar-refractivity contribution >= 4 is 6.09 Å². The molecule has 0 aliphatic heterocycles. The summed E-state index contributed by atoms with van der Waals surface area (Å²) in [5.74, 6) is 2.70. The number of hydrogen-bond donors (Lipinski definition) is 1. The fourth-order valence-electron chi connectivity index (χ4n) is 4.28. The van der Waals surface area contributed by atoms with Crippen molar-refractivity contribution in [2.24, 2.45) is 5.73 Å². The molecule has 4 aromatic rings. The maximum atomic E-state index is 10.8. The summed E-state index contributed by atoms with van der Waals surface area (Å²) in [7, 11) is 0. The highest BCUT2D eigenvalue weighted by molar-refractivity contribution is 5.64. The Hall–Kier alpha value is -4.47. The number of carbonyl (C=O) groups is 1. The lowest BCUT2D eigenvalue weighted by molar-refractivity contribution is -0.0197. The second-order valence-corrected chi connectivity index (χ2v) is 9.75. The molecule has 2 heterocycles. The van der Waals surface area contributed by atoms with Crippen LogP contribution in [0.2, 0.25) is 0 Å². The molecule has 196 valence electrons. The van der Waals surface area contributed by atoms with E-state index in [2.05, 4.69) is 58.2 Å². The molecule has 2 aromatic heterocycles. The van der Waals surface area contributed by atoms with Gasteiger partial charge in [0, 0.05) is 24.5 Å². The van der Waals surface area contributed by atoms with Crippen LogP contribution in [0, 0.1) is 6.92 Å². The Morgan fingerprint density at radius 1 is 0.974 bits per heavy atom. The van der Waals surface area contributed by atoms with Gasteiger partial charge in [0.05, 0.1) is 5.69 Å². The summed E-state index contributed by atoms with van der Waals surface area (Å²) < 4.78 is 22.0. The molecule has 0 radical (unpaired) electrons. The summed E-state index contributed by atoms with van der Waals surface area (Å²) in [6.45, 7) is 6.38. The van der Waals surface area contributed by atoms with Gasteiger partial charge < -0.3 is 24.5 Å². The second-order valence-electron chi connectivity index (χ2n) is 9.75. The number of rotatable bonds is 9.